The Morgan fingerprint density at radius 3 is 2.39 bits per heavy atom. The molecule has 0 spiro atoms. The zero-order valence-corrected chi connectivity index (χ0v) is 15.3. The van der Waals surface area contributed by atoms with E-state index >= 15 is 0 Å². The van der Waals surface area contributed by atoms with E-state index in [9.17, 15) is 0 Å². The van der Waals surface area contributed by atoms with Crippen molar-refractivity contribution in [2.24, 2.45) is 5.10 Å². The van der Waals surface area contributed by atoms with Crippen LogP contribution in [0.2, 0.25) is 10.0 Å². The van der Waals surface area contributed by atoms with Gasteiger partial charge in [0.25, 0.3) is 0 Å². The van der Waals surface area contributed by atoms with Crippen molar-refractivity contribution in [3.05, 3.63) is 58.1 Å². The fourth-order valence-electron chi connectivity index (χ4n) is 2.34. The van der Waals surface area contributed by atoms with Crippen molar-refractivity contribution < 1.29 is 0 Å². The van der Waals surface area contributed by atoms with Gasteiger partial charge in [-0.25, -0.2) is 0 Å². The average Bonchev–Trinajstić information content (AvgIpc) is 2.52. The number of anilines is 2. The summed E-state index contributed by atoms with van der Waals surface area (Å²) in [5.41, 5.74) is 3.81. The molecule has 0 saturated heterocycles. The first-order valence-corrected chi connectivity index (χ1v) is 8.25. The summed E-state index contributed by atoms with van der Waals surface area (Å²) in [5.74, 6) is 0. The molecule has 0 atom stereocenters. The van der Waals surface area contributed by atoms with Crippen LogP contribution < -0.4 is 10.3 Å². The van der Waals surface area contributed by atoms with Crippen molar-refractivity contribution in [1.82, 2.24) is 0 Å². The van der Waals surface area contributed by atoms with Gasteiger partial charge in [0.05, 0.1) is 11.4 Å². The highest BCUT2D eigenvalue weighted by atomic mass is 35.5. The predicted octanol–water partition coefficient (Wildman–Crippen LogP) is 5.67. The van der Waals surface area contributed by atoms with Gasteiger partial charge in [0.2, 0.25) is 0 Å². The van der Waals surface area contributed by atoms with Gasteiger partial charge in [-0.2, -0.15) is 5.10 Å². The fraction of sp³-hybridized carbons (Fsp3) is 0.278. The van der Waals surface area contributed by atoms with Gasteiger partial charge in [-0.15, -0.1) is 0 Å². The number of hydrogen-bond acceptors (Lipinski definition) is 3. The molecule has 0 amide bonds. The quantitative estimate of drug-likeness (QED) is 0.555. The Hall–Kier alpha value is -1.71. The van der Waals surface area contributed by atoms with Crippen LogP contribution in [0.25, 0.3) is 0 Å². The van der Waals surface area contributed by atoms with Crippen LogP contribution >= 0.6 is 23.2 Å². The number of hydrogen-bond donors (Lipinski definition) is 1. The maximum atomic E-state index is 6.14. The Morgan fingerprint density at radius 2 is 1.78 bits per heavy atom. The van der Waals surface area contributed by atoms with E-state index in [0.29, 0.717) is 10.0 Å². The van der Waals surface area contributed by atoms with Crippen LogP contribution in [0, 0.1) is 0 Å². The topological polar surface area (TPSA) is 27.6 Å². The molecule has 0 aliphatic carbocycles. The normalized spacial score (nSPS) is 11.7. The van der Waals surface area contributed by atoms with E-state index in [2.05, 4.69) is 19.2 Å². The fourth-order valence-corrected chi connectivity index (χ4v) is 2.70. The Bertz CT molecular complexity index is 711. The monoisotopic (exact) mass is 349 g/mol. The first kappa shape index (κ1) is 17.6. The molecule has 0 radical (unpaired) electrons. The second-order valence-corrected chi connectivity index (χ2v) is 6.42. The molecule has 0 aliphatic rings. The largest absolute Gasteiger partial charge is 0.388 e. The number of rotatable bonds is 5. The number of hydrazone groups is 1. The van der Waals surface area contributed by atoms with Crippen LogP contribution in [-0.2, 0) is 0 Å². The molecule has 3 nitrogen and oxygen atoms in total. The van der Waals surface area contributed by atoms with Crippen LogP contribution in [0.1, 0.15) is 26.3 Å². The van der Waals surface area contributed by atoms with E-state index in [4.69, 9.17) is 28.3 Å². The van der Waals surface area contributed by atoms with E-state index in [0.717, 1.165) is 22.6 Å². The zero-order valence-electron chi connectivity index (χ0n) is 13.8. The van der Waals surface area contributed by atoms with Crippen molar-refractivity contribution in [2.45, 2.75) is 26.8 Å². The zero-order chi connectivity index (χ0) is 17.0. The van der Waals surface area contributed by atoms with Crippen LogP contribution in [0.3, 0.4) is 0 Å². The highest BCUT2D eigenvalue weighted by molar-refractivity contribution is 6.31. The summed E-state index contributed by atoms with van der Waals surface area (Å²) in [7, 11) is 1.89. The molecule has 122 valence electrons. The molecule has 2 aromatic rings. The van der Waals surface area contributed by atoms with E-state index in [-0.39, 0.29) is 6.04 Å². The lowest BCUT2D eigenvalue weighted by Gasteiger charge is -2.25. The molecule has 2 aromatic carbocycles. The average molecular weight is 350 g/mol. The summed E-state index contributed by atoms with van der Waals surface area (Å²) in [6.45, 7) is 6.16. The third-order valence-electron chi connectivity index (χ3n) is 3.46. The molecule has 0 bridgehead atoms. The summed E-state index contributed by atoms with van der Waals surface area (Å²) >= 11 is 12.3. The van der Waals surface area contributed by atoms with Crippen molar-refractivity contribution in [3.63, 3.8) is 0 Å². The Morgan fingerprint density at radius 1 is 1.09 bits per heavy atom. The van der Waals surface area contributed by atoms with Crippen molar-refractivity contribution >= 4 is 40.3 Å². The van der Waals surface area contributed by atoms with Gasteiger partial charge >= 0.3 is 0 Å². The third kappa shape index (κ3) is 4.40. The lowest BCUT2D eigenvalue weighted by Crippen LogP contribution is -2.26. The van der Waals surface area contributed by atoms with Crippen molar-refractivity contribution in [3.8, 4) is 0 Å². The molecule has 0 heterocycles. The molecule has 1 N–H and O–H groups in total. The van der Waals surface area contributed by atoms with Gasteiger partial charge in [0.15, 0.2) is 0 Å². The Labute approximate surface area is 147 Å². The number of benzene rings is 2. The van der Waals surface area contributed by atoms with Crippen LogP contribution in [0.5, 0.6) is 0 Å². The first-order chi connectivity index (χ1) is 10.9. The smallest absolute Gasteiger partial charge is 0.0672 e. The summed E-state index contributed by atoms with van der Waals surface area (Å²) in [6.07, 6.45) is 0. The van der Waals surface area contributed by atoms with Gasteiger partial charge in [0.1, 0.15) is 0 Å². The minimum Gasteiger partial charge on any atom is -0.388 e. The molecule has 2 rings (SSSR count). The minimum atomic E-state index is 0.195. The molecular formula is C18H21Cl2N3. The Balaban J connectivity index is 2.46. The third-order valence-corrected chi connectivity index (χ3v) is 3.93. The lowest BCUT2D eigenvalue weighted by atomic mass is 10.1. The van der Waals surface area contributed by atoms with Crippen LogP contribution in [0.4, 0.5) is 11.4 Å². The molecule has 0 aromatic heterocycles. The SMILES string of the molecule is CNc1ccc(Cl)cc1/C(C)=N/N(c1cccc(Cl)c1)C(C)C. The summed E-state index contributed by atoms with van der Waals surface area (Å²) in [6, 6.07) is 13.6. The highest BCUT2D eigenvalue weighted by Gasteiger charge is 2.13. The van der Waals surface area contributed by atoms with Gasteiger partial charge in [0, 0.05) is 34.4 Å². The van der Waals surface area contributed by atoms with E-state index in [1.165, 1.54) is 0 Å². The van der Waals surface area contributed by atoms with Gasteiger partial charge in [-0.05, 0) is 57.2 Å². The number of halogens is 2. The van der Waals surface area contributed by atoms with Crippen LogP contribution in [0.15, 0.2) is 47.6 Å². The first-order valence-electron chi connectivity index (χ1n) is 7.50. The van der Waals surface area contributed by atoms with Crippen LogP contribution in [-0.4, -0.2) is 18.8 Å². The molecular weight excluding hydrogens is 329 g/mol. The minimum absolute atomic E-state index is 0.195. The molecule has 0 unspecified atom stereocenters. The van der Waals surface area contributed by atoms with E-state index in [1.54, 1.807) is 0 Å². The molecule has 0 saturated carbocycles. The number of nitrogens with one attached hydrogen (secondary N) is 1. The number of nitrogens with zero attached hydrogens (tertiary/aromatic N) is 2. The summed E-state index contributed by atoms with van der Waals surface area (Å²) in [5, 5.41) is 11.3. The standard InChI is InChI=1S/C18H21Cl2N3/c1-12(2)23(16-7-5-6-14(19)10-16)22-13(3)17-11-15(20)8-9-18(17)21-4/h5-12,21H,1-4H3/b22-13+. The van der Waals surface area contributed by atoms with Crippen molar-refractivity contribution in [1.29, 1.82) is 0 Å². The van der Waals surface area contributed by atoms with E-state index < -0.39 is 0 Å². The molecule has 0 aliphatic heterocycles. The predicted molar refractivity (Wildman–Crippen MR) is 102 cm³/mol. The summed E-state index contributed by atoms with van der Waals surface area (Å²) < 4.78 is 0. The van der Waals surface area contributed by atoms with Gasteiger partial charge < -0.3 is 5.32 Å². The Kier molecular flexibility index (Phi) is 5.91. The van der Waals surface area contributed by atoms with Gasteiger partial charge in [-0.1, -0.05) is 29.3 Å². The second kappa shape index (κ2) is 7.71. The van der Waals surface area contributed by atoms with E-state index in [1.807, 2.05) is 61.4 Å². The maximum absolute atomic E-state index is 6.14. The van der Waals surface area contributed by atoms with Crippen molar-refractivity contribution in [2.75, 3.05) is 17.4 Å². The van der Waals surface area contributed by atoms with Gasteiger partial charge in [-0.3, -0.25) is 5.01 Å². The molecule has 0 fully saturated rings. The molecule has 23 heavy (non-hydrogen) atoms. The highest BCUT2D eigenvalue weighted by Crippen LogP contribution is 2.25. The molecule has 5 heteroatoms. The lowest BCUT2D eigenvalue weighted by molar-refractivity contribution is 0.713. The summed E-state index contributed by atoms with van der Waals surface area (Å²) in [4.78, 5) is 0. The maximum Gasteiger partial charge on any atom is 0.0672 e. The second-order valence-electron chi connectivity index (χ2n) is 5.54.